The van der Waals surface area contributed by atoms with Gasteiger partial charge < -0.3 is 4.57 Å². The van der Waals surface area contributed by atoms with Crippen LogP contribution in [0.5, 0.6) is 0 Å². The van der Waals surface area contributed by atoms with E-state index in [1.807, 2.05) is 35.8 Å². The van der Waals surface area contributed by atoms with Crippen LogP contribution in [0.4, 0.5) is 5.95 Å². The SMILES string of the molecule is Cc1cnc(C(=O)Nc2nc3ccccc3n2C(C)(C)C)cn1. The zero-order valence-corrected chi connectivity index (χ0v) is 13.7. The molecule has 23 heavy (non-hydrogen) atoms. The van der Waals surface area contributed by atoms with E-state index in [2.05, 4.69) is 41.0 Å². The molecule has 0 bridgehead atoms. The van der Waals surface area contributed by atoms with Crippen molar-refractivity contribution in [2.24, 2.45) is 0 Å². The summed E-state index contributed by atoms with van der Waals surface area (Å²) < 4.78 is 2.02. The molecule has 118 valence electrons. The van der Waals surface area contributed by atoms with Gasteiger partial charge in [-0.15, -0.1) is 0 Å². The second-order valence-electron chi connectivity index (χ2n) is 6.43. The number of para-hydroxylation sites is 2. The van der Waals surface area contributed by atoms with Crippen molar-refractivity contribution in [3.05, 3.63) is 48.0 Å². The zero-order chi connectivity index (χ0) is 16.6. The summed E-state index contributed by atoms with van der Waals surface area (Å²) in [6, 6.07) is 7.82. The van der Waals surface area contributed by atoms with Crippen LogP contribution in [0.3, 0.4) is 0 Å². The molecule has 6 nitrogen and oxygen atoms in total. The van der Waals surface area contributed by atoms with Gasteiger partial charge in [-0.3, -0.25) is 15.1 Å². The molecule has 0 radical (unpaired) electrons. The first-order valence-electron chi connectivity index (χ1n) is 7.44. The average molecular weight is 309 g/mol. The van der Waals surface area contributed by atoms with Crippen molar-refractivity contribution in [2.45, 2.75) is 33.2 Å². The van der Waals surface area contributed by atoms with Crippen molar-refractivity contribution in [3.63, 3.8) is 0 Å². The van der Waals surface area contributed by atoms with E-state index in [9.17, 15) is 4.79 Å². The lowest BCUT2D eigenvalue weighted by molar-refractivity contribution is 0.102. The van der Waals surface area contributed by atoms with Gasteiger partial charge in [0.05, 0.1) is 22.9 Å². The fourth-order valence-corrected chi connectivity index (χ4v) is 2.46. The number of hydrogen-bond donors (Lipinski definition) is 1. The molecule has 0 aliphatic heterocycles. The predicted molar refractivity (Wildman–Crippen MR) is 89.5 cm³/mol. The Morgan fingerprint density at radius 1 is 1.13 bits per heavy atom. The van der Waals surface area contributed by atoms with Crippen LogP contribution in [0, 0.1) is 6.92 Å². The molecular weight excluding hydrogens is 290 g/mol. The molecule has 1 amide bonds. The molecule has 0 spiro atoms. The smallest absolute Gasteiger partial charge is 0.278 e. The molecule has 2 heterocycles. The molecule has 0 aliphatic carbocycles. The Kier molecular flexibility index (Phi) is 3.60. The predicted octanol–water partition coefficient (Wildman–Crippen LogP) is 3.14. The van der Waals surface area contributed by atoms with E-state index in [1.54, 1.807) is 6.20 Å². The molecule has 1 aromatic carbocycles. The van der Waals surface area contributed by atoms with E-state index in [4.69, 9.17) is 0 Å². The van der Waals surface area contributed by atoms with Crippen molar-refractivity contribution in [1.82, 2.24) is 19.5 Å². The molecule has 0 saturated heterocycles. The first-order chi connectivity index (χ1) is 10.9. The summed E-state index contributed by atoms with van der Waals surface area (Å²) >= 11 is 0. The van der Waals surface area contributed by atoms with E-state index in [0.29, 0.717) is 5.95 Å². The number of carbonyl (C=O) groups is 1. The number of anilines is 1. The number of aryl methyl sites for hydroxylation is 1. The summed E-state index contributed by atoms with van der Waals surface area (Å²) in [5.41, 5.74) is 2.63. The van der Waals surface area contributed by atoms with Crippen LogP contribution in [0.15, 0.2) is 36.7 Å². The molecule has 0 atom stereocenters. The molecule has 3 aromatic rings. The van der Waals surface area contributed by atoms with E-state index in [0.717, 1.165) is 16.7 Å². The highest BCUT2D eigenvalue weighted by Crippen LogP contribution is 2.28. The fourth-order valence-electron chi connectivity index (χ4n) is 2.46. The summed E-state index contributed by atoms with van der Waals surface area (Å²) in [7, 11) is 0. The lowest BCUT2D eigenvalue weighted by Crippen LogP contribution is -2.26. The number of nitrogens with one attached hydrogen (secondary N) is 1. The number of benzene rings is 1. The van der Waals surface area contributed by atoms with Crippen LogP contribution < -0.4 is 5.32 Å². The summed E-state index contributed by atoms with van der Waals surface area (Å²) in [5.74, 6) is 0.185. The minimum absolute atomic E-state index is 0.225. The van der Waals surface area contributed by atoms with E-state index >= 15 is 0 Å². The van der Waals surface area contributed by atoms with Crippen molar-refractivity contribution < 1.29 is 4.79 Å². The van der Waals surface area contributed by atoms with Gasteiger partial charge in [0.1, 0.15) is 5.69 Å². The van der Waals surface area contributed by atoms with Gasteiger partial charge in [0.15, 0.2) is 0 Å². The molecular formula is C17H19N5O. The zero-order valence-electron chi connectivity index (χ0n) is 13.7. The molecule has 0 aliphatic rings. The minimum Gasteiger partial charge on any atom is -0.305 e. The third-order valence-corrected chi connectivity index (χ3v) is 3.47. The summed E-state index contributed by atoms with van der Waals surface area (Å²) in [6.07, 6.45) is 3.04. The van der Waals surface area contributed by atoms with Gasteiger partial charge in [0.25, 0.3) is 5.91 Å². The molecule has 0 unspecified atom stereocenters. The number of imidazole rings is 1. The van der Waals surface area contributed by atoms with Crippen LogP contribution in [0.2, 0.25) is 0 Å². The number of nitrogens with zero attached hydrogens (tertiary/aromatic N) is 4. The van der Waals surface area contributed by atoms with E-state index in [1.165, 1.54) is 6.20 Å². The first-order valence-corrected chi connectivity index (χ1v) is 7.44. The van der Waals surface area contributed by atoms with Gasteiger partial charge in [-0.25, -0.2) is 9.97 Å². The highest BCUT2D eigenvalue weighted by atomic mass is 16.2. The van der Waals surface area contributed by atoms with Crippen molar-refractivity contribution in [3.8, 4) is 0 Å². The molecule has 2 aromatic heterocycles. The average Bonchev–Trinajstić information content (AvgIpc) is 2.85. The summed E-state index contributed by atoms with van der Waals surface area (Å²) in [4.78, 5) is 25.2. The van der Waals surface area contributed by atoms with Gasteiger partial charge in [0, 0.05) is 11.7 Å². The maximum atomic E-state index is 12.4. The molecule has 3 rings (SSSR count). The van der Waals surface area contributed by atoms with Crippen LogP contribution in [-0.2, 0) is 5.54 Å². The van der Waals surface area contributed by atoms with Crippen molar-refractivity contribution >= 4 is 22.9 Å². The highest BCUT2D eigenvalue weighted by Gasteiger charge is 2.23. The van der Waals surface area contributed by atoms with E-state index < -0.39 is 0 Å². The molecule has 0 saturated carbocycles. The fraction of sp³-hybridized carbons (Fsp3) is 0.294. The summed E-state index contributed by atoms with van der Waals surface area (Å²) in [5, 5.41) is 2.85. The Bertz CT molecular complexity index is 859. The molecule has 0 fully saturated rings. The topological polar surface area (TPSA) is 72.7 Å². The second-order valence-corrected chi connectivity index (χ2v) is 6.43. The Morgan fingerprint density at radius 3 is 2.52 bits per heavy atom. The molecule has 6 heteroatoms. The Balaban J connectivity index is 2.02. The number of fused-ring (bicyclic) bond motifs is 1. The highest BCUT2D eigenvalue weighted by molar-refractivity contribution is 6.02. The monoisotopic (exact) mass is 309 g/mol. The third-order valence-electron chi connectivity index (χ3n) is 3.47. The largest absolute Gasteiger partial charge is 0.305 e. The lowest BCUT2D eigenvalue weighted by atomic mass is 10.1. The van der Waals surface area contributed by atoms with Crippen LogP contribution in [0.25, 0.3) is 11.0 Å². The van der Waals surface area contributed by atoms with Gasteiger partial charge in [-0.1, -0.05) is 12.1 Å². The van der Waals surface area contributed by atoms with Crippen LogP contribution >= 0.6 is 0 Å². The number of hydrogen-bond acceptors (Lipinski definition) is 4. The van der Waals surface area contributed by atoms with Gasteiger partial charge in [-0.2, -0.15) is 0 Å². The van der Waals surface area contributed by atoms with Gasteiger partial charge >= 0.3 is 0 Å². The van der Waals surface area contributed by atoms with Crippen LogP contribution in [0.1, 0.15) is 37.0 Å². The maximum absolute atomic E-state index is 12.4. The Hall–Kier alpha value is -2.76. The third kappa shape index (κ3) is 2.92. The molecule has 1 N–H and O–H groups in total. The van der Waals surface area contributed by atoms with Crippen LogP contribution in [-0.4, -0.2) is 25.4 Å². The quantitative estimate of drug-likeness (QED) is 0.789. The normalized spacial score (nSPS) is 11.7. The maximum Gasteiger partial charge on any atom is 0.278 e. The van der Waals surface area contributed by atoms with E-state index in [-0.39, 0.29) is 17.1 Å². The second kappa shape index (κ2) is 5.46. The standard InChI is InChI=1S/C17H19N5O/c1-11-9-19-13(10-18-11)15(23)21-16-20-12-7-5-6-8-14(12)22(16)17(2,3)4/h5-10H,1-4H3,(H,20,21,23). The number of carbonyl (C=O) groups excluding carboxylic acids is 1. The lowest BCUT2D eigenvalue weighted by Gasteiger charge is -2.24. The first kappa shape index (κ1) is 15.1. The number of aromatic nitrogens is 4. The number of amides is 1. The minimum atomic E-state index is -0.321. The van der Waals surface area contributed by atoms with Gasteiger partial charge in [0.2, 0.25) is 5.95 Å². The number of rotatable bonds is 2. The Labute approximate surface area is 134 Å². The van der Waals surface area contributed by atoms with Gasteiger partial charge in [-0.05, 0) is 39.8 Å². The van der Waals surface area contributed by atoms with Crippen molar-refractivity contribution in [1.29, 1.82) is 0 Å². The summed E-state index contributed by atoms with van der Waals surface area (Å²) in [6.45, 7) is 8.04. The van der Waals surface area contributed by atoms with Crippen molar-refractivity contribution in [2.75, 3.05) is 5.32 Å². The Morgan fingerprint density at radius 2 is 1.87 bits per heavy atom.